The fraction of sp³-hybridized carbons (Fsp3) is 0.417. The topological polar surface area (TPSA) is 76.8 Å². The van der Waals surface area contributed by atoms with Gasteiger partial charge >= 0.3 is 0 Å². The molecule has 8 heteroatoms. The highest BCUT2D eigenvalue weighted by molar-refractivity contribution is 7.98. The Hall–Kier alpha value is -1.31. The highest BCUT2D eigenvalue weighted by atomic mass is 35.5. The minimum Gasteiger partial charge on any atom is -0.454 e. The molecule has 0 saturated heterocycles. The Kier molecular flexibility index (Phi) is 6.25. The summed E-state index contributed by atoms with van der Waals surface area (Å²) in [4.78, 5) is 11.3. The summed E-state index contributed by atoms with van der Waals surface area (Å²) >= 11 is 1.56. The average molecular weight is 320 g/mol. The third-order valence-electron chi connectivity index (χ3n) is 2.77. The second-order valence-electron chi connectivity index (χ2n) is 4.14. The molecule has 1 aliphatic rings. The number of carbonyl (C=O) groups is 1. The number of hydrogen-bond donors (Lipinski definition) is 2. The van der Waals surface area contributed by atoms with E-state index < -0.39 is 6.04 Å². The normalized spacial score (nSPS) is 13.5. The first-order valence-corrected chi connectivity index (χ1v) is 7.19. The summed E-state index contributed by atoms with van der Waals surface area (Å²) in [6.45, 7) is 0.242. The first-order valence-electron chi connectivity index (χ1n) is 5.79. The largest absolute Gasteiger partial charge is 0.454 e. The summed E-state index contributed by atoms with van der Waals surface area (Å²) in [5.74, 6) is 1.67. The van der Waals surface area contributed by atoms with Gasteiger partial charge in [0.25, 0.3) is 0 Å². The van der Waals surface area contributed by atoms with Crippen LogP contribution in [0.4, 0.5) is 5.69 Å². The van der Waals surface area contributed by atoms with E-state index in [0.717, 1.165) is 11.4 Å². The molecule has 0 bridgehead atoms. The molecule has 1 aromatic rings. The zero-order chi connectivity index (χ0) is 13.8. The monoisotopic (exact) mass is 319 g/mol. The maximum atomic E-state index is 11.3. The van der Waals surface area contributed by atoms with E-state index in [9.17, 15) is 4.79 Å². The number of anilines is 1. The number of primary amides is 1. The van der Waals surface area contributed by atoms with Gasteiger partial charge in [-0.2, -0.15) is 11.8 Å². The van der Waals surface area contributed by atoms with Gasteiger partial charge in [0.1, 0.15) is 6.04 Å². The molecular formula is C12H18ClN3O3S. The van der Waals surface area contributed by atoms with Crippen LogP contribution in [-0.4, -0.2) is 37.8 Å². The van der Waals surface area contributed by atoms with E-state index in [4.69, 9.17) is 15.2 Å². The Bertz CT molecular complexity index is 475. The quantitative estimate of drug-likeness (QED) is 0.762. The average Bonchev–Trinajstić information content (AvgIpc) is 2.85. The van der Waals surface area contributed by atoms with Crippen molar-refractivity contribution in [1.82, 2.24) is 5.43 Å². The van der Waals surface area contributed by atoms with Gasteiger partial charge in [-0.25, -0.2) is 5.43 Å². The van der Waals surface area contributed by atoms with Crippen molar-refractivity contribution in [2.75, 3.05) is 30.9 Å². The standard InChI is InChI=1S/C12H17N3O3S.ClH/c1-15(14-9(6-19-2)12(13)16)8-3-4-10-11(5-8)18-7-17-10;/h3-5,9,14H,6-7H2,1-2H3,(H2,13,16);1H/t9-;/m0./s1. The molecule has 1 aromatic carbocycles. The molecule has 6 nitrogen and oxygen atoms in total. The van der Waals surface area contributed by atoms with Gasteiger partial charge in [0.2, 0.25) is 12.7 Å². The molecule has 1 atom stereocenters. The molecule has 20 heavy (non-hydrogen) atoms. The number of nitrogens with two attached hydrogens (primary N) is 1. The van der Waals surface area contributed by atoms with Gasteiger partial charge in [-0.05, 0) is 18.4 Å². The summed E-state index contributed by atoms with van der Waals surface area (Å²) in [5, 5.41) is 1.76. The number of amides is 1. The van der Waals surface area contributed by atoms with Crippen LogP contribution in [0, 0.1) is 0 Å². The number of nitrogens with zero attached hydrogens (tertiary/aromatic N) is 1. The predicted octanol–water partition coefficient (Wildman–Crippen LogP) is 0.995. The van der Waals surface area contributed by atoms with E-state index in [2.05, 4.69) is 5.43 Å². The van der Waals surface area contributed by atoms with E-state index in [1.165, 1.54) is 0 Å². The lowest BCUT2D eigenvalue weighted by molar-refractivity contribution is -0.119. The molecule has 0 unspecified atom stereocenters. The van der Waals surface area contributed by atoms with Gasteiger partial charge in [-0.1, -0.05) is 0 Å². The van der Waals surface area contributed by atoms with E-state index in [-0.39, 0.29) is 25.1 Å². The number of benzene rings is 1. The molecule has 1 amide bonds. The molecule has 1 heterocycles. The number of carbonyl (C=O) groups excluding carboxylic acids is 1. The van der Waals surface area contributed by atoms with Gasteiger partial charge < -0.3 is 20.2 Å². The molecule has 0 radical (unpaired) electrons. The number of nitrogens with one attached hydrogen (secondary N) is 1. The number of ether oxygens (including phenoxy) is 2. The van der Waals surface area contributed by atoms with Crippen molar-refractivity contribution in [3.05, 3.63) is 18.2 Å². The van der Waals surface area contributed by atoms with Gasteiger partial charge in [0.15, 0.2) is 11.5 Å². The third kappa shape index (κ3) is 3.84. The van der Waals surface area contributed by atoms with Crippen LogP contribution in [0.25, 0.3) is 0 Å². The van der Waals surface area contributed by atoms with E-state index in [1.54, 1.807) is 16.8 Å². The van der Waals surface area contributed by atoms with E-state index >= 15 is 0 Å². The van der Waals surface area contributed by atoms with Crippen molar-refractivity contribution in [3.63, 3.8) is 0 Å². The first-order chi connectivity index (χ1) is 9.11. The van der Waals surface area contributed by atoms with Crippen LogP contribution in [0.15, 0.2) is 18.2 Å². The Morgan fingerprint density at radius 1 is 1.50 bits per heavy atom. The van der Waals surface area contributed by atoms with Crippen molar-refractivity contribution < 1.29 is 14.3 Å². The van der Waals surface area contributed by atoms with Gasteiger partial charge in [0.05, 0.1) is 5.69 Å². The second kappa shape index (κ2) is 7.47. The van der Waals surface area contributed by atoms with Crippen LogP contribution in [0.3, 0.4) is 0 Å². The summed E-state index contributed by atoms with van der Waals surface area (Å²) in [6, 6.07) is 5.17. The Morgan fingerprint density at radius 2 is 2.20 bits per heavy atom. The zero-order valence-corrected chi connectivity index (χ0v) is 12.9. The summed E-state index contributed by atoms with van der Waals surface area (Å²) in [5.41, 5.74) is 9.29. The lowest BCUT2D eigenvalue weighted by Gasteiger charge is -2.25. The summed E-state index contributed by atoms with van der Waals surface area (Å²) in [6.07, 6.45) is 1.93. The van der Waals surface area contributed by atoms with Crippen molar-refractivity contribution in [2.45, 2.75) is 6.04 Å². The van der Waals surface area contributed by atoms with Crippen LogP contribution in [0.5, 0.6) is 11.5 Å². The van der Waals surface area contributed by atoms with Crippen molar-refractivity contribution in [1.29, 1.82) is 0 Å². The third-order valence-corrected chi connectivity index (χ3v) is 3.44. The number of fused-ring (bicyclic) bond motifs is 1. The molecule has 0 aliphatic carbocycles. The maximum Gasteiger partial charge on any atom is 0.237 e. The van der Waals surface area contributed by atoms with Crippen molar-refractivity contribution >= 4 is 35.8 Å². The van der Waals surface area contributed by atoms with Crippen LogP contribution in [0.1, 0.15) is 0 Å². The lowest BCUT2D eigenvalue weighted by Crippen LogP contribution is -2.50. The molecule has 1 aliphatic heterocycles. The highest BCUT2D eigenvalue weighted by Crippen LogP contribution is 2.34. The predicted molar refractivity (Wildman–Crippen MR) is 82.7 cm³/mol. The summed E-state index contributed by atoms with van der Waals surface area (Å²) < 4.78 is 10.6. The summed E-state index contributed by atoms with van der Waals surface area (Å²) in [7, 11) is 1.83. The van der Waals surface area contributed by atoms with Gasteiger partial charge in [-0.15, -0.1) is 12.4 Å². The number of hydrogen-bond acceptors (Lipinski definition) is 6. The molecule has 0 spiro atoms. The molecule has 0 fully saturated rings. The second-order valence-corrected chi connectivity index (χ2v) is 5.05. The molecule has 0 aromatic heterocycles. The smallest absolute Gasteiger partial charge is 0.237 e. The Balaban J connectivity index is 0.00000200. The van der Waals surface area contributed by atoms with Crippen molar-refractivity contribution in [3.8, 4) is 11.5 Å². The van der Waals surface area contributed by atoms with Gasteiger partial charge in [0, 0.05) is 18.9 Å². The number of rotatable bonds is 6. The fourth-order valence-corrected chi connectivity index (χ4v) is 2.32. The number of halogens is 1. The van der Waals surface area contributed by atoms with E-state index in [0.29, 0.717) is 11.5 Å². The minimum atomic E-state index is -0.412. The van der Waals surface area contributed by atoms with Crippen LogP contribution in [0.2, 0.25) is 0 Å². The van der Waals surface area contributed by atoms with E-state index in [1.807, 2.05) is 31.5 Å². The maximum absolute atomic E-state index is 11.3. The number of thioether (sulfide) groups is 1. The molecule has 112 valence electrons. The first kappa shape index (κ1) is 16.7. The fourth-order valence-electron chi connectivity index (χ4n) is 1.75. The zero-order valence-electron chi connectivity index (χ0n) is 11.3. The molecule has 2 rings (SSSR count). The molecular weight excluding hydrogens is 302 g/mol. The minimum absolute atomic E-state index is 0. The van der Waals surface area contributed by atoms with Crippen LogP contribution >= 0.6 is 24.2 Å². The Labute approximate surface area is 128 Å². The Morgan fingerprint density at radius 3 is 2.85 bits per heavy atom. The lowest BCUT2D eigenvalue weighted by atomic mass is 10.2. The van der Waals surface area contributed by atoms with Crippen LogP contribution in [-0.2, 0) is 4.79 Å². The van der Waals surface area contributed by atoms with Gasteiger partial charge in [-0.3, -0.25) is 4.79 Å². The SMILES string of the molecule is CSC[C@H](NN(C)c1ccc2c(c1)OCO2)C(N)=O.Cl. The molecule has 3 N–H and O–H groups in total. The van der Waals surface area contributed by atoms with Crippen molar-refractivity contribution in [2.24, 2.45) is 5.73 Å². The highest BCUT2D eigenvalue weighted by Gasteiger charge is 2.18. The number of hydrazine groups is 1. The molecule has 0 saturated carbocycles. The van der Waals surface area contributed by atoms with Crippen LogP contribution < -0.4 is 25.6 Å².